The number of hydrogen-bond donors (Lipinski definition) is 2. The molecular weight excluding hydrogens is 560 g/mol. The fourth-order valence-corrected chi connectivity index (χ4v) is 6.32. The molecular formula is C37H34N6O2. The molecule has 4 heterocycles. The molecule has 0 saturated carbocycles. The van der Waals surface area contributed by atoms with Gasteiger partial charge in [0.2, 0.25) is 0 Å². The molecule has 224 valence electrons. The third kappa shape index (κ3) is 5.80. The van der Waals surface area contributed by atoms with Gasteiger partial charge in [-0.3, -0.25) is 14.3 Å². The van der Waals surface area contributed by atoms with Gasteiger partial charge in [0, 0.05) is 30.5 Å². The molecule has 6 aromatic rings. The number of likely N-dealkylation sites (tertiary alicyclic amines) is 1. The summed E-state index contributed by atoms with van der Waals surface area (Å²) in [4.78, 5) is 28.0. The van der Waals surface area contributed by atoms with Crippen molar-refractivity contribution >= 4 is 23.3 Å². The summed E-state index contributed by atoms with van der Waals surface area (Å²) in [6.45, 7) is 2.72. The van der Waals surface area contributed by atoms with E-state index in [-0.39, 0.29) is 5.75 Å². The molecule has 3 N–H and O–H groups in total. The van der Waals surface area contributed by atoms with Gasteiger partial charge in [-0.2, -0.15) is 0 Å². The molecule has 45 heavy (non-hydrogen) atoms. The number of rotatable bonds is 7. The number of anilines is 1. The SMILES string of the molecule is Nc1ncccc1-c1nc2ccc(-c3ccccc3)nc2n1-c1ccc(CN2CCCCC(c3ccc(C=O)c(O)c3)C2)cc1. The number of phenolic OH excluding ortho intramolecular Hbond substituents is 1. The lowest BCUT2D eigenvalue weighted by Gasteiger charge is -2.25. The first-order chi connectivity index (χ1) is 22.1. The summed E-state index contributed by atoms with van der Waals surface area (Å²) in [5.74, 6) is 1.46. The number of aldehydes is 1. The van der Waals surface area contributed by atoms with Crippen LogP contribution in [0.25, 0.3) is 39.5 Å². The minimum Gasteiger partial charge on any atom is -0.507 e. The molecule has 0 bridgehead atoms. The van der Waals surface area contributed by atoms with Crippen LogP contribution in [0.5, 0.6) is 5.75 Å². The summed E-state index contributed by atoms with van der Waals surface area (Å²) < 4.78 is 2.07. The molecule has 8 nitrogen and oxygen atoms in total. The van der Waals surface area contributed by atoms with Crippen LogP contribution < -0.4 is 5.73 Å². The molecule has 1 aliphatic heterocycles. The Morgan fingerprint density at radius 2 is 1.76 bits per heavy atom. The van der Waals surface area contributed by atoms with Crippen LogP contribution in [0.2, 0.25) is 0 Å². The minimum absolute atomic E-state index is 0.0544. The molecule has 0 spiro atoms. The number of hydrogen-bond acceptors (Lipinski definition) is 7. The molecule has 1 aliphatic rings. The highest BCUT2D eigenvalue weighted by Crippen LogP contribution is 2.33. The van der Waals surface area contributed by atoms with Crippen LogP contribution in [0.4, 0.5) is 5.82 Å². The van der Waals surface area contributed by atoms with E-state index in [9.17, 15) is 9.90 Å². The smallest absolute Gasteiger partial charge is 0.165 e. The lowest BCUT2D eigenvalue weighted by Crippen LogP contribution is -2.27. The van der Waals surface area contributed by atoms with Crippen LogP contribution >= 0.6 is 0 Å². The first kappa shape index (κ1) is 28.4. The molecule has 1 atom stereocenters. The largest absolute Gasteiger partial charge is 0.507 e. The number of imidazole rings is 1. The topological polar surface area (TPSA) is 110 Å². The highest BCUT2D eigenvalue weighted by Gasteiger charge is 2.22. The number of aromatic nitrogens is 4. The van der Waals surface area contributed by atoms with Gasteiger partial charge < -0.3 is 10.8 Å². The Bertz CT molecular complexity index is 1970. The fraction of sp³-hybridized carbons (Fsp3) is 0.189. The normalized spacial score (nSPS) is 15.6. The lowest BCUT2D eigenvalue weighted by molar-refractivity contribution is 0.112. The lowest BCUT2D eigenvalue weighted by atomic mass is 9.93. The van der Waals surface area contributed by atoms with Crippen molar-refractivity contribution in [3.05, 3.63) is 120 Å². The average Bonchev–Trinajstić information content (AvgIpc) is 3.29. The molecule has 0 radical (unpaired) electrons. The summed E-state index contributed by atoms with van der Waals surface area (Å²) in [7, 11) is 0. The Morgan fingerprint density at radius 3 is 2.53 bits per heavy atom. The Hall–Kier alpha value is -5.34. The molecule has 0 amide bonds. The summed E-state index contributed by atoms with van der Waals surface area (Å²) in [6, 6.07) is 32.0. The van der Waals surface area contributed by atoms with Gasteiger partial charge in [-0.25, -0.2) is 15.0 Å². The zero-order valence-electron chi connectivity index (χ0n) is 24.9. The molecule has 3 aromatic carbocycles. The standard InChI is InChI=1S/C37H34N6O2/c38-35-31(10-6-19-39-35)36-41-33-18-17-32(26-7-2-1-3-8-26)40-37(33)43(36)30-15-11-25(12-16-30)22-42-20-5-4-9-28(23-42)27-13-14-29(24-44)34(45)21-27/h1-3,6-8,10-19,21,24,28,45H,4-5,9,20,22-23H2,(H2,38,39). The van der Waals surface area contributed by atoms with Gasteiger partial charge in [0.25, 0.3) is 0 Å². The van der Waals surface area contributed by atoms with Gasteiger partial charge >= 0.3 is 0 Å². The van der Waals surface area contributed by atoms with Crippen LogP contribution in [0, 0.1) is 0 Å². The Labute approximate surface area is 261 Å². The minimum atomic E-state index is 0.0544. The number of fused-ring (bicyclic) bond motifs is 1. The third-order valence-corrected chi connectivity index (χ3v) is 8.66. The monoisotopic (exact) mass is 594 g/mol. The van der Waals surface area contributed by atoms with Crippen LogP contribution in [-0.2, 0) is 6.54 Å². The number of carbonyl (C=O) groups excluding carboxylic acids is 1. The second-order valence-corrected chi connectivity index (χ2v) is 11.6. The number of nitrogens with two attached hydrogens (primary N) is 1. The molecule has 1 unspecified atom stereocenters. The van der Waals surface area contributed by atoms with Crippen molar-refractivity contribution in [3.63, 3.8) is 0 Å². The predicted molar refractivity (Wildman–Crippen MR) is 177 cm³/mol. The van der Waals surface area contributed by atoms with E-state index in [0.717, 1.165) is 78.1 Å². The van der Waals surface area contributed by atoms with Crippen molar-refractivity contribution in [2.75, 3.05) is 18.8 Å². The third-order valence-electron chi connectivity index (χ3n) is 8.66. The first-order valence-electron chi connectivity index (χ1n) is 15.3. The highest BCUT2D eigenvalue weighted by atomic mass is 16.3. The number of nitrogen functional groups attached to an aromatic ring is 1. The Morgan fingerprint density at radius 1 is 0.911 bits per heavy atom. The van der Waals surface area contributed by atoms with E-state index in [1.807, 2.05) is 48.5 Å². The van der Waals surface area contributed by atoms with E-state index in [2.05, 4.69) is 50.8 Å². The van der Waals surface area contributed by atoms with E-state index in [0.29, 0.717) is 29.4 Å². The molecule has 1 saturated heterocycles. The fourth-order valence-electron chi connectivity index (χ4n) is 6.32. The quantitative estimate of drug-likeness (QED) is 0.191. The Balaban J connectivity index is 1.20. The summed E-state index contributed by atoms with van der Waals surface area (Å²) in [5, 5.41) is 10.3. The van der Waals surface area contributed by atoms with E-state index in [4.69, 9.17) is 15.7 Å². The van der Waals surface area contributed by atoms with Crippen molar-refractivity contribution in [2.45, 2.75) is 31.7 Å². The maximum absolute atomic E-state index is 11.2. The number of benzene rings is 3. The van der Waals surface area contributed by atoms with E-state index in [1.54, 1.807) is 18.3 Å². The van der Waals surface area contributed by atoms with Gasteiger partial charge in [-0.1, -0.05) is 55.0 Å². The van der Waals surface area contributed by atoms with Crippen molar-refractivity contribution in [1.29, 1.82) is 0 Å². The number of aromatic hydroxyl groups is 1. The summed E-state index contributed by atoms with van der Waals surface area (Å²) >= 11 is 0. The van der Waals surface area contributed by atoms with Crippen LogP contribution in [0.3, 0.4) is 0 Å². The van der Waals surface area contributed by atoms with Crippen molar-refractivity contribution < 1.29 is 9.90 Å². The zero-order valence-corrected chi connectivity index (χ0v) is 24.9. The van der Waals surface area contributed by atoms with Gasteiger partial charge in [-0.05, 0) is 85.0 Å². The second kappa shape index (κ2) is 12.3. The number of pyridine rings is 2. The number of carbonyl (C=O) groups is 1. The van der Waals surface area contributed by atoms with Crippen molar-refractivity contribution in [3.8, 4) is 34.1 Å². The first-order valence-corrected chi connectivity index (χ1v) is 15.3. The van der Waals surface area contributed by atoms with Crippen LogP contribution in [0.1, 0.15) is 46.7 Å². The maximum atomic E-state index is 11.2. The predicted octanol–water partition coefficient (Wildman–Crippen LogP) is 7.02. The Kier molecular flexibility index (Phi) is 7.80. The van der Waals surface area contributed by atoms with Gasteiger partial charge in [0.1, 0.15) is 17.1 Å². The van der Waals surface area contributed by atoms with Crippen LogP contribution in [0.15, 0.2) is 103 Å². The van der Waals surface area contributed by atoms with E-state index in [1.165, 1.54) is 5.56 Å². The molecule has 1 fully saturated rings. The average molecular weight is 595 g/mol. The summed E-state index contributed by atoms with van der Waals surface area (Å²) in [5.41, 5.74) is 14.1. The second-order valence-electron chi connectivity index (χ2n) is 11.6. The maximum Gasteiger partial charge on any atom is 0.165 e. The van der Waals surface area contributed by atoms with Gasteiger partial charge in [0.15, 0.2) is 17.8 Å². The van der Waals surface area contributed by atoms with E-state index >= 15 is 0 Å². The van der Waals surface area contributed by atoms with Crippen molar-refractivity contribution in [2.24, 2.45) is 0 Å². The molecule has 0 aliphatic carbocycles. The number of nitrogens with zero attached hydrogens (tertiary/aromatic N) is 5. The van der Waals surface area contributed by atoms with E-state index < -0.39 is 0 Å². The van der Waals surface area contributed by atoms with Crippen molar-refractivity contribution in [1.82, 2.24) is 24.4 Å². The number of phenols is 1. The molecule has 7 rings (SSSR count). The van der Waals surface area contributed by atoms with Crippen LogP contribution in [-0.4, -0.2) is 48.9 Å². The summed E-state index contributed by atoms with van der Waals surface area (Å²) in [6.07, 6.45) is 5.69. The molecule has 8 heteroatoms. The highest BCUT2D eigenvalue weighted by molar-refractivity contribution is 5.84. The van der Waals surface area contributed by atoms with Gasteiger partial charge in [-0.15, -0.1) is 0 Å². The van der Waals surface area contributed by atoms with Gasteiger partial charge in [0.05, 0.1) is 16.8 Å². The molecule has 3 aromatic heterocycles. The zero-order chi connectivity index (χ0) is 30.8.